The van der Waals surface area contributed by atoms with Gasteiger partial charge in [-0.2, -0.15) is 0 Å². The maximum absolute atomic E-state index is 11.8. The van der Waals surface area contributed by atoms with Crippen molar-refractivity contribution in [3.63, 3.8) is 0 Å². The summed E-state index contributed by atoms with van der Waals surface area (Å²) in [6.45, 7) is 7.28. The van der Waals surface area contributed by atoms with E-state index in [1.54, 1.807) is 0 Å². The van der Waals surface area contributed by atoms with E-state index in [2.05, 4.69) is 30.1 Å². The largest absolute Gasteiger partial charge is 0.326 e. The molecule has 1 aliphatic rings. The summed E-state index contributed by atoms with van der Waals surface area (Å²) in [5.74, 6) is 0.438. The zero-order chi connectivity index (χ0) is 13.0. The van der Waals surface area contributed by atoms with Gasteiger partial charge in [0.2, 0.25) is 5.91 Å². The molecule has 0 aliphatic heterocycles. The standard InChI is InChI=1S/C15H22N2O.ClH/c1-3-17(4-2)11-13-7-5-6-8-14(13)16-15(18)12-9-10-12;/h5-8,12H,3-4,9-11H2,1-2H3,(H,16,18);1H. The number of carbonyl (C=O) groups is 1. The molecule has 0 radical (unpaired) electrons. The van der Waals surface area contributed by atoms with E-state index in [4.69, 9.17) is 0 Å². The number of nitrogens with one attached hydrogen (secondary N) is 1. The second kappa shape index (κ2) is 7.51. The molecule has 0 aromatic heterocycles. The quantitative estimate of drug-likeness (QED) is 0.868. The monoisotopic (exact) mass is 282 g/mol. The van der Waals surface area contributed by atoms with E-state index in [9.17, 15) is 4.79 Å². The Labute approximate surface area is 121 Å². The van der Waals surface area contributed by atoms with Crippen molar-refractivity contribution in [3.8, 4) is 0 Å². The highest BCUT2D eigenvalue weighted by Crippen LogP contribution is 2.30. The minimum atomic E-state index is 0. The second-order valence-corrected chi connectivity index (χ2v) is 4.88. The highest BCUT2D eigenvalue weighted by atomic mass is 35.5. The summed E-state index contributed by atoms with van der Waals surface area (Å²) in [6.07, 6.45) is 2.09. The Balaban J connectivity index is 0.00000180. The van der Waals surface area contributed by atoms with Crippen LogP contribution in [0.2, 0.25) is 0 Å². The molecule has 0 saturated heterocycles. The fraction of sp³-hybridized carbons (Fsp3) is 0.533. The van der Waals surface area contributed by atoms with Gasteiger partial charge in [-0.25, -0.2) is 0 Å². The van der Waals surface area contributed by atoms with Crippen LogP contribution in [0.1, 0.15) is 32.3 Å². The van der Waals surface area contributed by atoms with Crippen LogP contribution in [0.3, 0.4) is 0 Å². The SMILES string of the molecule is CCN(CC)Cc1ccccc1NC(=O)C1CC1.Cl. The lowest BCUT2D eigenvalue weighted by Crippen LogP contribution is -2.23. The molecule has 3 nitrogen and oxygen atoms in total. The lowest BCUT2D eigenvalue weighted by molar-refractivity contribution is -0.117. The van der Waals surface area contributed by atoms with Crippen LogP contribution in [-0.2, 0) is 11.3 Å². The summed E-state index contributed by atoms with van der Waals surface area (Å²) in [6, 6.07) is 8.11. The second-order valence-electron chi connectivity index (χ2n) is 4.88. The lowest BCUT2D eigenvalue weighted by atomic mass is 10.1. The fourth-order valence-electron chi connectivity index (χ4n) is 2.05. The van der Waals surface area contributed by atoms with Crippen molar-refractivity contribution >= 4 is 24.0 Å². The molecule has 1 saturated carbocycles. The van der Waals surface area contributed by atoms with Crippen LogP contribution in [0.5, 0.6) is 0 Å². The smallest absolute Gasteiger partial charge is 0.227 e. The van der Waals surface area contributed by atoms with E-state index in [1.807, 2.05) is 18.2 Å². The number of carbonyl (C=O) groups excluding carboxylic acids is 1. The summed E-state index contributed by atoms with van der Waals surface area (Å²) >= 11 is 0. The Kier molecular flexibility index (Phi) is 6.32. The van der Waals surface area contributed by atoms with Gasteiger partial charge in [0.15, 0.2) is 0 Å². The number of halogens is 1. The van der Waals surface area contributed by atoms with Gasteiger partial charge in [-0.05, 0) is 37.6 Å². The first-order valence-corrected chi connectivity index (χ1v) is 6.85. The van der Waals surface area contributed by atoms with Crippen LogP contribution < -0.4 is 5.32 Å². The van der Waals surface area contributed by atoms with Crippen LogP contribution in [0, 0.1) is 5.92 Å². The third-order valence-electron chi connectivity index (χ3n) is 3.51. The van der Waals surface area contributed by atoms with E-state index in [-0.39, 0.29) is 24.2 Å². The van der Waals surface area contributed by atoms with Crippen molar-refractivity contribution in [2.45, 2.75) is 33.2 Å². The van der Waals surface area contributed by atoms with Crippen molar-refractivity contribution in [3.05, 3.63) is 29.8 Å². The average molecular weight is 283 g/mol. The molecule has 1 aromatic rings. The molecular formula is C15H23ClN2O. The maximum atomic E-state index is 11.8. The van der Waals surface area contributed by atoms with Gasteiger partial charge in [0, 0.05) is 18.2 Å². The first-order valence-electron chi connectivity index (χ1n) is 6.85. The third kappa shape index (κ3) is 4.51. The summed E-state index contributed by atoms with van der Waals surface area (Å²) in [5, 5.41) is 3.06. The first kappa shape index (κ1) is 16.0. The molecule has 1 N–H and O–H groups in total. The van der Waals surface area contributed by atoms with E-state index in [0.29, 0.717) is 0 Å². The molecule has 1 aromatic carbocycles. The van der Waals surface area contributed by atoms with Gasteiger partial charge >= 0.3 is 0 Å². The first-order chi connectivity index (χ1) is 8.74. The van der Waals surface area contributed by atoms with Crippen molar-refractivity contribution in [1.82, 2.24) is 4.90 Å². The van der Waals surface area contributed by atoms with Crippen LogP contribution in [0.25, 0.3) is 0 Å². The number of hydrogen-bond acceptors (Lipinski definition) is 2. The number of para-hydroxylation sites is 1. The van der Waals surface area contributed by atoms with E-state index < -0.39 is 0 Å². The minimum Gasteiger partial charge on any atom is -0.326 e. The molecule has 1 aliphatic carbocycles. The molecule has 19 heavy (non-hydrogen) atoms. The maximum Gasteiger partial charge on any atom is 0.227 e. The van der Waals surface area contributed by atoms with Crippen LogP contribution in [0.15, 0.2) is 24.3 Å². The number of anilines is 1. The highest BCUT2D eigenvalue weighted by molar-refractivity contribution is 5.94. The third-order valence-corrected chi connectivity index (χ3v) is 3.51. The van der Waals surface area contributed by atoms with Gasteiger partial charge in [0.25, 0.3) is 0 Å². The van der Waals surface area contributed by atoms with Crippen LogP contribution in [0.4, 0.5) is 5.69 Å². The molecule has 0 atom stereocenters. The average Bonchev–Trinajstić information content (AvgIpc) is 3.22. The molecule has 106 valence electrons. The molecule has 2 rings (SSSR count). The van der Waals surface area contributed by atoms with Gasteiger partial charge in [-0.3, -0.25) is 9.69 Å². The number of nitrogens with zero attached hydrogens (tertiary/aromatic N) is 1. The minimum absolute atomic E-state index is 0. The van der Waals surface area contributed by atoms with Gasteiger partial charge in [-0.1, -0.05) is 32.0 Å². The lowest BCUT2D eigenvalue weighted by Gasteiger charge is -2.20. The summed E-state index contributed by atoms with van der Waals surface area (Å²) in [7, 11) is 0. The molecule has 0 spiro atoms. The van der Waals surface area contributed by atoms with Crippen molar-refractivity contribution < 1.29 is 4.79 Å². The predicted molar refractivity (Wildman–Crippen MR) is 81.7 cm³/mol. The van der Waals surface area contributed by atoms with Gasteiger partial charge in [0.1, 0.15) is 0 Å². The molecule has 1 fully saturated rings. The number of amides is 1. The summed E-state index contributed by atoms with van der Waals surface area (Å²) in [4.78, 5) is 14.2. The Morgan fingerprint density at radius 1 is 1.26 bits per heavy atom. The zero-order valence-corrected chi connectivity index (χ0v) is 12.5. The molecule has 0 heterocycles. The highest BCUT2D eigenvalue weighted by Gasteiger charge is 2.29. The zero-order valence-electron chi connectivity index (χ0n) is 11.7. The van der Waals surface area contributed by atoms with Gasteiger partial charge < -0.3 is 5.32 Å². The molecule has 1 amide bonds. The fourth-order valence-corrected chi connectivity index (χ4v) is 2.05. The predicted octanol–water partition coefficient (Wildman–Crippen LogP) is 3.30. The number of benzene rings is 1. The van der Waals surface area contributed by atoms with Crippen molar-refractivity contribution in [1.29, 1.82) is 0 Å². The van der Waals surface area contributed by atoms with E-state index >= 15 is 0 Å². The topological polar surface area (TPSA) is 32.3 Å². The molecular weight excluding hydrogens is 260 g/mol. The van der Waals surface area contributed by atoms with Crippen molar-refractivity contribution in [2.75, 3.05) is 18.4 Å². The number of hydrogen-bond donors (Lipinski definition) is 1. The summed E-state index contributed by atoms with van der Waals surface area (Å²) < 4.78 is 0. The Morgan fingerprint density at radius 3 is 2.47 bits per heavy atom. The number of rotatable bonds is 6. The van der Waals surface area contributed by atoms with E-state index in [0.717, 1.165) is 38.2 Å². The van der Waals surface area contributed by atoms with Crippen molar-refractivity contribution in [2.24, 2.45) is 5.92 Å². The van der Waals surface area contributed by atoms with Gasteiger partial charge in [0.05, 0.1) is 0 Å². The van der Waals surface area contributed by atoms with Crippen LogP contribution in [-0.4, -0.2) is 23.9 Å². The molecule has 4 heteroatoms. The summed E-state index contributed by atoms with van der Waals surface area (Å²) in [5.41, 5.74) is 2.18. The Morgan fingerprint density at radius 2 is 1.89 bits per heavy atom. The van der Waals surface area contributed by atoms with Gasteiger partial charge in [-0.15, -0.1) is 12.4 Å². The van der Waals surface area contributed by atoms with E-state index in [1.165, 1.54) is 5.56 Å². The van der Waals surface area contributed by atoms with Crippen LogP contribution >= 0.6 is 12.4 Å². The molecule has 0 unspecified atom stereocenters. The molecule has 0 bridgehead atoms. The normalized spacial score (nSPS) is 14.1. The Bertz CT molecular complexity index is 414. The Hall–Kier alpha value is -1.06.